The number of carboxylic acid groups (broad SMARTS) is 1. The molecule has 0 saturated carbocycles. The van der Waals surface area contributed by atoms with Crippen molar-refractivity contribution in [2.24, 2.45) is 0 Å². The van der Waals surface area contributed by atoms with E-state index < -0.39 is 11.9 Å². The zero-order valence-corrected chi connectivity index (χ0v) is 26.1. The molecule has 1 N–H and O–H groups in total. The van der Waals surface area contributed by atoms with Gasteiger partial charge in [0.2, 0.25) is 0 Å². The van der Waals surface area contributed by atoms with Crippen molar-refractivity contribution >= 4 is 17.9 Å². The number of ether oxygens (including phenoxy) is 2. The van der Waals surface area contributed by atoms with Gasteiger partial charge in [-0.3, -0.25) is 14.4 Å². The van der Waals surface area contributed by atoms with Crippen molar-refractivity contribution in [1.29, 1.82) is 0 Å². The summed E-state index contributed by atoms with van der Waals surface area (Å²) >= 11 is 0. The summed E-state index contributed by atoms with van der Waals surface area (Å²) in [5, 5.41) is 8.56. The van der Waals surface area contributed by atoms with Gasteiger partial charge in [0.25, 0.3) is 0 Å². The molecule has 6 heteroatoms. The van der Waals surface area contributed by atoms with Crippen LogP contribution in [0.1, 0.15) is 174 Å². The first-order valence-electron chi connectivity index (χ1n) is 16.7. The lowest BCUT2D eigenvalue weighted by Crippen LogP contribution is -2.17. The zero-order valence-electron chi connectivity index (χ0n) is 26.1. The zero-order chi connectivity index (χ0) is 29.5. The van der Waals surface area contributed by atoms with E-state index >= 15 is 0 Å². The van der Waals surface area contributed by atoms with Gasteiger partial charge in [-0.05, 0) is 38.5 Å². The molecule has 0 heterocycles. The van der Waals surface area contributed by atoms with E-state index in [0.29, 0.717) is 13.0 Å². The molecule has 0 aliphatic carbocycles. The van der Waals surface area contributed by atoms with Crippen molar-refractivity contribution in [3.8, 4) is 0 Å². The van der Waals surface area contributed by atoms with Gasteiger partial charge in [-0.15, -0.1) is 0 Å². The van der Waals surface area contributed by atoms with Crippen molar-refractivity contribution in [1.82, 2.24) is 0 Å². The van der Waals surface area contributed by atoms with E-state index in [9.17, 15) is 14.4 Å². The van der Waals surface area contributed by atoms with Crippen LogP contribution in [0.15, 0.2) is 12.2 Å². The van der Waals surface area contributed by atoms with Crippen LogP contribution < -0.4 is 0 Å². The van der Waals surface area contributed by atoms with Crippen LogP contribution in [-0.2, 0) is 23.9 Å². The maximum Gasteiger partial charge on any atom is 0.306 e. The summed E-state index contributed by atoms with van der Waals surface area (Å²) in [7, 11) is 0. The third-order valence-electron chi connectivity index (χ3n) is 7.30. The average molecular weight is 567 g/mol. The second-order valence-corrected chi connectivity index (χ2v) is 11.3. The Hall–Kier alpha value is -1.85. The van der Waals surface area contributed by atoms with Gasteiger partial charge in [-0.1, -0.05) is 122 Å². The summed E-state index contributed by atoms with van der Waals surface area (Å²) in [4.78, 5) is 34.3. The van der Waals surface area contributed by atoms with Gasteiger partial charge in [0, 0.05) is 12.8 Å². The van der Waals surface area contributed by atoms with E-state index in [0.717, 1.165) is 70.6 Å². The van der Waals surface area contributed by atoms with Gasteiger partial charge in [0.1, 0.15) is 6.10 Å². The molecule has 0 aromatic carbocycles. The van der Waals surface area contributed by atoms with Crippen molar-refractivity contribution in [2.45, 2.75) is 180 Å². The number of unbranched alkanes of at least 4 members (excludes halogenated alkanes) is 17. The molecule has 0 saturated heterocycles. The number of esters is 2. The molecule has 0 radical (unpaired) electrons. The highest BCUT2D eigenvalue weighted by molar-refractivity contribution is 5.76. The first kappa shape index (κ1) is 38.1. The highest BCUT2D eigenvalue weighted by Gasteiger charge is 2.13. The lowest BCUT2D eigenvalue weighted by atomic mass is 10.1. The monoisotopic (exact) mass is 566 g/mol. The van der Waals surface area contributed by atoms with Crippen LogP contribution in [0.25, 0.3) is 0 Å². The van der Waals surface area contributed by atoms with Gasteiger partial charge >= 0.3 is 17.9 Å². The summed E-state index contributed by atoms with van der Waals surface area (Å²) in [6.07, 6.45) is 30.2. The maximum absolute atomic E-state index is 12.4. The molecule has 0 aromatic rings. The van der Waals surface area contributed by atoms with Gasteiger partial charge in [-0.2, -0.15) is 0 Å². The van der Waals surface area contributed by atoms with Crippen molar-refractivity contribution < 1.29 is 29.0 Å². The smallest absolute Gasteiger partial charge is 0.306 e. The molecule has 40 heavy (non-hydrogen) atoms. The molecule has 0 amide bonds. The Morgan fingerprint density at radius 3 is 1.77 bits per heavy atom. The minimum Gasteiger partial charge on any atom is -0.481 e. The lowest BCUT2D eigenvalue weighted by molar-refractivity contribution is -0.149. The van der Waals surface area contributed by atoms with E-state index in [1.54, 1.807) is 0 Å². The minimum atomic E-state index is -0.975. The summed E-state index contributed by atoms with van der Waals surface area (Å²) in [6, 6.07) is 0. The molecule has 0 aliphatic heterocycles. The number of carbonyl (C=O) groups excluding carboxylic acids is 2. The first-order chi connectivity index (χ1) is 19.5. The molecule has 0 spiro atoms. The van der Waals surface area contributed by atoms with Crippen LogP contribution in [0.5, 0.6) is 0 Å². The molecule has 0 bridgehead atoms. The van der Waals surface area contributed by atoms with Gasteiger partial charge < -0.3 is 14.6 Å². The molecule has 0 unspecified atom stereocenters. The van der Waals surface area contributed by atoms with E-state index in [2.05, 4.69) is 26.0 Å². The molecule has 1 atom stereocenters. The normalized spacial score (nSPS) is 12.1. The van der Waals surface area contributed by atoms with Crippen LogP contribution >= 0.6 is 0 Å². The van der Waals surface area contributed by atoms with Crippen LogP contribution in [0.4, 0.5) is 0 Å². The summed E-state index contributed by atoms with van der Waals surface area (Å²) in [5.74, 6) is -1.42. The topological polar surface area (TPSA) is 89.9 Å². The fourth-order valence-corrected chi connectivity index (χ4v) is 4.75. The number of hydrogen-bond acceptors (Lipinski definition) is 5. The third kappa shape index (κ3) is 29.1. The highest BCUT2D eigenvalue weighted by atomic mass is 16.5. The summed E-state index contributed by atoms with van der Waals surface area (Å²) in [6.45, 7) is 4.85. The molecule has 0 aliphatic rings. The third-order valence-corrected chi connectivity index (χ3v) is 7.30. The number of aliphatic carboxylic acids is 1. The Morgan fingerprint density at radius 2 is 1.15 bits per heavy atom. The number of allylic oxidation sites excluding steroid dienone is 1. The molecule has 234 valence electrons. The average Bonchev–Trinajstić information content (AvgIpc) is 2.93. The van der Waals surface area contributed by atoms with E-state index in [1.807, 2.05) is 0 Å². The summed E-state index contributed by atoms with van der Waals surface area (Å²) in [5.41, 5.74) is 0. The molecule has 6 nitrogen and oxygen atoms in total. The van der Waals surface area contributed by atoms with Crippen LogP contribution in [0, 0.1) is 0 Å². The SMILES string of the molecule is CCCCCCCCCCCC(=O)O[C@@H](C/C=C\CCCCCCCCOC(=O)CCC(=O)O)CCCCCC. The molecule has 0 fully saturated rings. The predicted molar refractivity (Wildman–Crippen MR) is 164 cm³/mol. The minimum absolute atomic E-state index is 0.0115. The van der Waals surface area contributed by atoms with Gasteiger partial charge in [0.05, 0.1) is 19.4 Å². The number of carboxylic acids is 1. The molecule has 0 rings (SSSR count). The Balaban J connectivity index is 3.93. The van der Waals surface area contributed by atoms with Gasteiger partial charge in [0.15, 0.2) is 0 Å². The van der Waals surface area contributed by atoms with Crippen LogP contribution in [0.2, 0.25) is 0 Å². The maximum atomic E-state index is 12.4. The highest BCUT2D eigenvalue weighted by Crippen LogP contribution is 2.16. The van der Waals surface area contributed by atoms with Crippen LogP contribution in [0.3, 0.4) is 0 Å². The lowest BCUT2D eigenvalue weighted by Gasteiger charge is -2.16. The Morgan fingerprint density at radius 1 is 0.600 bits per heavy atom. The second kappa shape index (κ2) is 30.1. The number of carbonyl (C=O) groups is 3. The quantitative estimate of drug-likeness (QED) is 0.0528. The fraction of sp³-hybridized carbons (Fsp3) is 0.853. The van der Waals surface area contributed by atoms with E-state index in [1.165, 1.54) is 70.6 Å². The van der Waals surface area contributed by atoms with Gasteiger partial charge in [-0.25, -0.2) is 0 Å². The van der Waals surface area contributed by atoms with Crippen molar-refractivity contribution in [2.75, 3.05) is 6.61 Å². The second-order valence-electron chi connectivity index (χ2n) is 11.3. The molecular formula is C34H62O6. The fourth-order valence-electron chi connectivity index (χ4n) is 4.75. The Bertz CT molecular complexity index is 630. The van der Waals surface area contributed by atoms with E-state index in [4.69, 9.17) is 14.6 Å². The number of hydrogen-bond donors (Lipinski definition) is 1. The summed E-state index contributed by atoms with van der Waals surface area (Å²) < 4.78 is 10.9. The Kier molecular flexibility index (Phi) is 28.7. The Labute approximate surface area is 246 Å². The first-order valence-corrected chi connectivity index (χ1v) is 16.7. The van der Waals surface area contributed by atoms with Crippen molar-refractivity contribution in [3.63, 3.8) is 0 Å². The molecular weight excluding hydrogens is 504 g/mol. The van der Waals surface area contributed by atoms with Crippen molar-refractivity contribution in [3.05, 3.63) is 12.2 Å². The number of rotatable bonds is 30. The van der Waals surface area contributed by atoms with E-state index in [-0.39, 0.29) is 24.9 Å². The standard InChI is InChI=1S/C34H62O6/c1-3-5-7-9-10-12-16-19-23-27-34(38)40-31(25-21-8-6-4-2)26-22-18-15-13-11-14-17-20-24-30-39-33(37)29-28-32(35)36/h18,22,31H,3-17,19-21,23-30H2,1-2H3,(H,35,36)/b22-18-/t31-/m1/s1. The largest absolute Gasteiger partial charge is 0.481 e. The predicted octanol–water partition coefficient (Wildman–Crippen LogP) is 9.87. The molecule has 0 aromatic heterocycles. The van der Waals surface area contributed by atoms with Crippen LogP contribution in [-0.4, -0.2) is 35.7 Å².